The Morgan fingerprint density at radius 1 is 1.02 bits per heavy atom. The van der Waals surface area contributed by atoms with Crippen molar-refractivity contribution in [3.05, 3.63) is 102 Å². The topological polar surface area (TPSA) is 149 Å². The van der Waals surface area contributed by atoms with Gasteiger partial charge in [-0.1, -0.05) is 60.7 Å². The summed E-state index contributed by atoms with van der Waals surface area (Å²) in [6.07, 6.45) is -2.79. The summed E-state index contributed by atoms with van der Waals surface area (Å²) < 4.78 is 53.4. The van der Waals surface area contributed by atoms with Gasteiger partial charge in [0.05, 0.1) is 13.1 Å². The Balaban J connectivity index is 1.35. The van der Waals surface area contributed by atoms with Gasteiger partial charge < -0.3 is 23.8 Å². The molecular formula is C33H33F2N4O9P. The molecule has 0 unspecified atom stereocenters. The van der Waals surface area contributed by atoms with E-state index in [1.165, 1.54) is 57.3 Å². The number of para-hydroxylation sites is 1. The van der Waals surface area contributed by atoms with E-state index in [0.29, 0.717) is 12.0 Å². The van der Waals surface area contributed by atoms with E-state index < -0.39 is 38.1 Å². The standard InChI is InChI=1S/C33H33F2N4O9P/c1-2-17-37-21-30(41)38-26(18-23-11-14-25(15-12-23)48-49(43,44)45)32(42)36(19-24-9-6-10-27-31(24)47-33(34,35)46-27)20-28(38)39(37)29(40)16-13-22-7-4-3-5-8-22/h2-12,14-15,26,28H,1,13,16-21H2,(H2,43,44,45)/t26-,28-/m0/s1. The Morgan fingerprint density at radius 3 is 2.45 bits per heavy atom. The number of alkyl halides is 2. The van der Waals surface area contributed by atoms with Crippen molar-refractivity contribution in [3.8, 4) is 17.2 Å². The normalized spacial score (nSPS) is 20.3. The lowest BCUT2D eigenvalue weighted by Gasteiger charge is -2.55. The zero-order valence-corrected chi connectivity index (χ0v) is 27.0. The zero-order valence-electron chi connectivity index (χ0n) is 26.1. The lowest BCUT2D eigenvalue weighted by atomic mass is 9.98. The first-order valence-electron chi connectivity index (χ1n) is 15.4. The molecule has 2 N–H and O–H groups in total. The van der Waals surface area contributed by atoms with E-state index in [4.69, 9.17) is 14.5 Å². The molecule has 0 saturated carbocycles. The van der Waals surface area contributed by atoms with Crippen LogP contribution in [0.1, 0.15) is 23.1 Å². The fourth-order valence-electron chi connectivity index (χ4n) is 6.32. The second kappa shape index (κ2) is 13.6. The van der Waals surface area contributed by atoms with Gasteiger partial charge in [0.25, 0.3) is 0 Å². The number of ether oxygens (including phenoxy) is 2. The predicted octanol–water partition coefficient (Wildman–Crippen LogP) is 3.47. The number of piperazine rings is 1. The van der Waals surface area contributed by atoms with Crippen LogP contribution in [0.4, 0.5) is 8.78 Å². The van der Waals surface area contributed by atoms with E-state index in [0.717, 1.165) is 5.56 Å². The molecule has 2 fully saturated rings. The molecule has 16 heteroatoms. The predicted molar refractivity (Wildman–Crippen MR) is 169 cm³/mol. The first kappa shape index (κ1) is 34.1. The van der Waals surface area contributed by atoms with Crippen molar-refractivity contribution in [2.75, 3.05) is 19.6 Å². The molecular weight excluding hydrogens is 665 g/mol. The van der Waals surface area contributed by atoms with Crippen molar-refractivity contribution in [2.45, 2.75) is 44.3 Å². The Bertz CT molecular complexity index is 1790. The zero-order chi connectivity index (χ0) is 34.9. The van der Waals surface area contributed by atoms with Gasteiger partial charge in [0.15, 0.2) is 11.5 Å². The summed E-state index contributed by atoms with van der Waals surface area (Å²) in [6, 6.07) is 18.3. The Morgan fingerprint density at radius 2 is 1.76 bits per heavy atom. The maximum Gasteiger partial charge on any atom is 0.586 e. The number of halogens is 2. The third kappa shape index (κ3) is 7.60. The fourth-order valence-corrected chi connectivity index (χ4v) is 6.71. The molecule has 3 heterocycles. The van der Waals surface area contributed by atoms with Crippen LogP contribution in [-0.2, 0) is 38.3 Å². The third-order valence-electron chi connectivity index (χ3n) is 8.34. The summed E-state index contributed by atoms with van der Waals surface area (Å²) in [4.78, 5) is 63.2. The van der Waals surface area contributed by atoms with Crippen molar-refractivity contribution in [2.24, 2.45) is 0 Å². The molecule has 2 atom stereocenters. The van der Waals surface area contributed by atoms with Crippen LogP contribution in [0.3, 0.4) is 0 Å². The van der Waals surface area contributed by atoms with E-state index in [-0.39, 0.29) is 67.7 Å². The highest BCUT2D eigenvalue weighted by Gasteiger charge is 2.51. The number of hydrazine groups is 1. The highest BCUT2D eigenvalue weighted by atomic mass is 31.2. The number of aryl methyl sites for hydroxylation is 1. The van der Waals surface area contributed by atoms with Crippen LogP contribution in [0.5, 0.6) is 17.2 Å². The van der Waals surface area contributed by atoms with E-state index in [1.807, 2.05) is 30.3 Å². The average Bonchev–Trinajstić information content (AvgIpc) is 3.37. The first-order valence-corrected chi connectivity index (χ1v) is 16.9. The number of phosphoric ester groups is 1. The average molecular weight is 699 g/mol. The summed E-state index contributed by atoms with van der Waals surface area (Å²) >= 11 is 0. The van der Waals surface area contributed by atoms with Crippen molar-refractivity contribution < 1.29 is 51.5 Å². The van der Waals surface area contributed by atoms with Gasteiger partial charge in [-0.3, -0.25) is 24.2 Å². The fraction of sp³-hybridized carbons (Fsp3) is 0.303. The van der Waals surface area contributed by atoms with Gasteiger partial charge in [-0.15, -0.1) is 15.4 Å². The van der Waals surface area contributed by atoms with Gasteiger partial charge in [-0.2, -0.15) is 0 Å². The molecule has 2 saturated heterocycles. The summed E-state index contributed by atoms with van der Waals surface area (Å²) in [6.45, 7) is 3.41. The highest BCUT2D eigenvalue weighted by molar-refractivity contribution is 7.46. The van der Waals surface area contributed by atoms with Gasteiger partial charge >= 0.3 is 14.1 Å². The van der Waals surface area contributed by atoms with Gasteiger partial charge in [-0.05, 0) is 35.7 Å². The molecule has 3 aromatic rings. The number of hydrogen-bond acceptors (Lipinski definition) is 8. The van der Waals surface area contributed by atoms with Gasteiger partial charge in [0, 0.05) is 31.5 Å². The number of benzene rings is 3. The maximum absolute atomic E-state index is 14.3. The number of phosphoric acid groups is 1. The quantitative estimate of drug-likeness (QED) is 0.225. The van der Waals surface area contributed by atoms with E-state index in [9.17, 15) is 27.7 Å². The summed E-state index contributed by atoms with van der Waals surface area (Å²) in [5.74, 6) is -1.72. The van der Waals surface area contributed by atoms with Crippen LogP contribution in [0.2, 0.25) is 0 Å². The SMILES string of the molecule is C=CCN1CC(=O)N2[C@@H](Cc3ccc(OP(=O)(O)O)cc3)C(=O)N(Cc3cccc4c3OC(F)(F)O4)C[C@@H]2N1C(=O)CCc1ccccc1. The molecule has 0 radical (unpaired) electrons. The maximum atomic E-state index is 14.3. The minimum atomic E-state index is -4.81. The lowest BCUT2D eigenvalue weighted by Crippen LogP contribution is -2.75. The molecule has 13 nitrogen and oxygen atoms in total. The first-order chi connectivity index (χ1) is 23.3. The molecule has 258 valence electrons. The van der Waals surface area contributed by atoms with Crippen LogP contribution >= 0.6 is 7.82 Å². The monoisotopic (exact) mass is 698 g/mol. The molecule has 49 heavy (non-hydrogen) atoms. The summed E-state index contributed by atoms with van der Waals surface area (Å²) in [5, 5.41) is 3.07. The highest BCUT2D eigenvalue weighted by Crippen LogP contribution is 2.44. The molecule has 6 rings (SSSR count). The largest absolute Gasteiger partial charge is 0.586 e. The smallest absolute Gasteiger partial charge is 0.404 e. The van der Waals surface area contributed by atoms with Crippen LogP contribution in [0.25, 0.3) is 0 Å². The number of carbonyl (C=O) groups excluding carboxylic acids is 3. The molecule has 3 amide bonds. The van der Waals surface area contributed by atoms with E-state index >= 15 is 0 Å². The van der Waals surface area contributed by atoms with Crippen LogP contribution < -0.4 is 14.0 Å². The molecule has 0 bridgehead atoms. The number of hydrogen-bond donors (Lipinski definition) is 2. The van der Waals surface area contributed by atoms with Crippen LogP contribution in [0.15, 0.2) is 85.5 Å². The molecule has 0 spiro atoms. The minimum absolute atomic E-state index is 0.0359. The minimum Gasteiger partial charge on any atom is -0.404 e. The molecule has 0 aliphatic carbocycles. The molecule has 3 aliphatic heterocycles. The van der Waals surface area contributed by atoms with Crippen molar-refractivity contribution >= 4 is 25.5 Å². The third-order valence-corrected chi connectivity index (χ3v) is 8.79. The van der Waals surface area contributed by atoms with Crippen molar-refractivity contribution in [1.82, 2.24) is 19.8 Å². The number of fused-ring (bicyclic) bond motifs is 2. The number of carbonyl (C=O) groups is 3. The van der Waals surface area contributed by atoms with Crippen molar-refractivity contribution in [1.29, 1.82) is 0 Å². The summed E-state index contributed by atoms with van der Waals surface area (Å²) in [7, 11) is -4.81. The van der Waals surface area contributed by atoms with E-state index in [2.05, 4.69) is 15.8 Å². The molecule has 3 aliphatic rings. The number of nitrogens with zero attached hydrogens (tertiary/aromatic N) is 4. The van der Waals surface area contributed by atoms with Crippen LogP contribution in [-0.4, -0.2) is 85.5 Å². The van der Waals surface area contributed by atoms with Gasteiger partial charge in [0.1, 0.15) is 18.0 Å². The van der Waals surface area contributed by atoms with Gasteiger partial charge in [-0.25, -0.2) is 14.6 Å². The van der Waals surface area contributed by atoms with Gasteiger partial charge in [0.2, 0.25) is 17.7 Å². The molecule has 3 aromatic carbocycles. The van der Waals surface area contributed by atoms with E-state index in [1.54, 1.807) is 11.1 Å². The number of rotatable bonds is 11. The van der Waals surface area contributed by atoms with Crippen molar-refractivity contribution in [3.63, 3.8) is 0 Å². The second-order valence-electron chi connectivity index (χ2n) is 11.7. The Kier molecular flexibility index (Phi) is 9.45. The second-order valence-corrected chi connectivity index (χ2v) is 12.9. The number of amides is 3. The summed E-state index contributed by atoms with van der Waals surface area (Å²) in [5.41, 5.74) is 1.70. The lowest BCUT2D eigenvalue weighted by molar-refractivity contribution is -0.287. The molecule has 0 aromatic heterocycles. The Labute approximate surface area is 280 Å². The Hall–Kier alpha value is -4.82. The van der Waals surface area contributed by atoms with Crippen LogP contribution in [0, 0.1) is 0 Å².